The number of hydrogen-bond acceptors (Lipinski definition) is 3. The van der Waals surface area contributed by atoms with Crippen molar-refractivity contribution in [3.05, 3.63) is 81.8 Å². The van der Waals surface area contributed by atoms with Gasteiger partial charge >= 0.3 is 0 Å². The third-order valence-corrected chi connectivity index (χ3v) is 4.21. The Bertz CT molecular complexity index is 878. The van der Waals surface area contributed by atoms with Gasteiger partial charge in [0.1, 0.15) is 24.7 Å². The Morgan fingerprint density at radius 3 is 2.46 bits per heavy atom. The number of rotatable bonds is 7. The molecule has 0 unspecified atom stereocenters. The van der Waals surface area contributed by atoms with Gasteiger partial charge in [-0.15, -0.1) is 0 Å². The Kier molecular flexibility index (Phi) is 6.45. The SMILES string of the molecule is Clc1ccc(OCCO/C(=C\n2ccnc2)c2ccc(Cl)cc2Cl)cc1. The summed E-state index contributed by atoms with van der Waals surface area (Å²) in [6, 6.07) is 12.4. The number of hydrogen-bond donors (Lipinski definition) is 0. The summed E-state index contributed by atoms with van der Waals surface area (Å²) in [5.74, 6) is 1.31. The third-order valence-electron chi connectivity index (χ3n) is 3.41. The Morgan fingerprint density at radius 2 is 1.77 bits per heavy atom. The highest BCUT2D eigenvalue weighted by molar-refractivity contribution is 6.35. The molecule has 0 aliphatic carbocycles. The first-order valence-electron chi connectivity index (χ1n) is 7.77. The second-order valence-electron chi connectivity index (χ2n) is 5.28. The third kappa shape index (κ3) is 5.18. The van der Waals surface area contributed by atoms with Gasteiger partial charge in [-0.2, -0.15) is 0 Å². The molecule has 0 saturated heterocycles. The van der Waals surface area contributed by atoms with E-state index in [9.17, 15) is 0 Å². The van der Waals surface area contributed by atoms with Gasteiger partial charge in [-0.25, -0.2) is 4.98 Å². The minimum Gasteiger partial charge on any atom is -0.490 e. The highest BCUT2D eigenvalue weighted by Crippen LogP contribution is 2.28. The van der Waals surface area contributed by atoms with Crippen LogP contribution in [-0.4, -0.2) is 22.8 Å². The summed E-state index contributed by atoms with van der Waals surface area (Å²) < 4.78 is 13.3. The van der Waals surface area contributed by atoms with Crippen molar-refractivity contribution in [1.82, 2.24) is 9.55 Å². The van der Waals surface area contributed by atoms with E-state index in [1.807, 2.05) is 6.07 Å². The maximum atomic E-state index is 6.31. The maximum Gasteiger partial charge on any atom is 0.144 e. The average Bonchev–Trinajstić information content (AvgIpc) is 3.12. The monoisotopic (exact) mass is 408 g/mol. The van der Waals surface area contributed by atoms with Crippen LogP contribution in [0.2, 0.25) is 15.1 Å². The van der Waals surface area contributed by atoms with Crippen LogP contribution in [-0.2, 0) is 4.74 Å². The molecule has 1 heterocycles. The molecule has 0 radical (unpaired) electrons. The van der Waals surface area contributed by atoms with Crippen molar-refractivity contribution in [2.75, 3.05) is 13.2 Å². The summed E-state index contributed by atoms with van der Waals surface area (Å²) in [6.45, 7) is 0.705. The first-order chi connectivity index (χ1) is 12.6. The zero-order valence-corrected chi connectivity index (χ0v) is 15.9. The normalized spacial score (nSPS) is 11.4. The summed E-state index contributed by atoms with van der Waals surface area (Å²) in [4.78, 5) is 4.02. The lowest BCUT2D eigenvalue weighted by molar-refractivity contribution is 0.195. The topological polar surface area (TPSA) is 36.3 Å². The number of nitrogens with zero attached hydrogens (tertiary/aromatic N) is 2. The lowest BCUT2D eigenvalue weighted by Gasteiger charge is -2.13. The second-order valence-corrected chi connectivity index (χ2v) is 6.56. The van der Waals surface area contributed by atoms with Crippen molar-refractivity contribution in [3.8, 4) is 5.75 Å². The molecule has 26 heavy (non-hydrogen) atoms. The van der Waals surface area contributed by atoms with Crippen molar-refractivity contribution in [1.29, 1.82) is 0 Å². The molecule has 3 rings (SSSR count). The van der Waals surface area contributed by atoms with Gasteiger partial charge in [0.25, 0.3) is 0 Å². The highest BCUT2D eigenvalue weighted by atomic mass is 35.5. The minimum absolute atomic E-state index is 0.335. The molecule has 134 valence electrons. The fourth-order valence-corrected chi connectivity index (χ4v) is 2.82. The van der Waals surface area contributed by atoms with Crippen LogP contribution in [0.4, 0.5) is 0 Å². The van der Waals surface area contributed by atoms with E-state index in [1.165, 1.54) is 0 Å². The van der Waals surface area contributed by atoms with Crippen molar-refractivity contribution < 1.29 is 9.47 Å². The van der Waals surface area contributed by atoms with Gasteiger partial charge in [-0.05, 0) is 42.5 Å². The summed E-state index contributed by atoms with van der Waals surface area (Å²) in [7, 11) is 0. The Labute approximate surface area is 166 Å². The number of ether oxygens (including phenoxy) is 2. The van der Waals surface area contributed by atoms with Gasteiger partial charge in [0.2, 0.25) is 0 Å². The first kappa shape index (κ1) is 18.6. The molecule has 0 amide bonds. The minimum atomic E-state index is 0.335. The van der Waals surface area contributed by atoms with E-state index in [2.05, 4.69) is 4.98 Å². The van der Waals surface area contributed by atoms with Crippen LogP contribution in [0.5, 0.6) is 5.75 Å². The molecule has 7 heteroatoms. The zero-order valence-electron chi connectivity index (χ0n) is 13.6. The second kappa shape index (κ2) is 8.99. The van der Waals surface area contributed by atoms with E-state index in [1.54, 1.807) is 65.9 Å². The predicted molar refractivity (Wildman–Crippen MR) is 106 cm³/mol. The predicted octanol–water partition coefficient (Wildman–Crippen LogP) is 5.89. The van der Waals surface area contributed by atoms with Crippen LogP contribution >= 0.6 is 34.8 Å². The van der Waals surface area contributed by atoms with Crippen LogP contribution in [0, 0.1) is 0 Å². The molecule has 0 saturated carbocycles. The molecule has 0 bridgehead atoms. The van der Waals surface area contributed by atoms with E-state index >= 15 is 0 Å². The molecule has 0 fully saturated rings. The van der Waals surface area contributed by atoms with Crippen molar-refractivity contribution in [2.45, 2.75) is 0 Å². The van der Waals surface area contributed by atoms with Crippen LogP contribution in [0.1, 0.15) is 5.56 Å². The van der Waals surface area contributed by atoms with Crippen LogP contribution < -0.4 is 4.74 Å². The van der Waals surface area contributed by atoms with E-state index < -0.39 is 0 Å². The van der Waals surface area contributed by atoms with Crippen LogP contribution in [0.3, 0.4) is 0 Å². The van der Waals surface area contributed by atoms with Gasteiger partial charge < -0.3 is 14.0 Å². The Morgan fingerprint density at radius 1 is 1.00 bits per heavy atom. The lowest BCUT2D eigenvalue weighted by Crippen LogP contribution is -2.07. The van der Waals surface area contributed by atoms with Gasteiger partial charge in [-0.3, -0.25) is 0 Å². The quantitative estimate of drug-likeness (QED) is 0.360. The summed E-state index contributed by atoms with van der Waals surface area (Å²) in [6.07, 6.45) is 6.94. The van der Waals surface area contributed by atoms with Gasteiger partial charge in [0, 0.05) is 28.0 Å². The van der Waals surface area contributed by atoms with Gasteiger partial charge in [0.15, 0.2) is 0 Å². The Balaban J connectivity index is 1.69. The van der Waals surface area contributed by atoms with Gasteiger partial charge in [0.05, 0.1) is 17.5 Å². The van der Waals surface area contributed by atoms with Crippen molar-refractivity contribution in [2.24, 2.45) is 0 Å². The summed E-state index contributed by atoms with van der Waals surface area (Å²) >= 11 is 18.2. The molecular weight excluding hydrogens is 395 g/mol. The number of imidazole rings is 1. The van der Waals surface area contributed by atoms with Crippen molar-refractivity contribution in [3.63, 3.8) is 0 Å². The Hall–Kier alpha value is -2.14. The fraction of sp³-hybridized carbons (Fsp3) is 0.105. The van der Waals surface area contributed by atoms with E-state index in [0.29, 0.717) is 34.0 Å². The van der Waals surface area contributed by atoms with Crippen LogP contribution in [0.25, 0.3) is 12.0 Å². The molecule has 0 N–H and O–H groups in total. The first-order valence-corrected chi connectivity index (χ1v) is 8.91. The standard InChI is InChI=1S/C19H15Cl3N2O2/c20-14-1-4-16(5-2-14)25-9-10-26-19(12-24-8-7-23-13-24)17-6-3-15(21)11-18(17)22/h1-8,11-13H,9-10H2/b19-12-. The molecule has 0 aliphatic heterocycles. The van der Waals surface area contributed by atoms with Crippen molar-refractivity contribution >= 4 is 46.8 Å². The molecule has 0 atom stereocenters. The molecular formula is C19H15Cl3N2O2. The smallest absolute Gasteiger partial charge is 0.144 e. The van der Waals surface area contributed by atoms with E-state index in [4.69, 9.17) is 44.3 Å². The van der Waals surface area contributed by atoms with E-state index in [-0.39, 0.29) is 0 Å². The highest BCUT2D eigenvalue weighted by Gasteiger charge is 2.10. The average molecular weight is 410 g/mol. The molecule has 3 aromatic rings. The molecule has 1 aromatic heterocycles. The fourth-order valence-electron chi connectivity index (χ4n) is 2.20. The molecule has 4 nitrogen and oxygen atoms in total. The summed E-state index contributed by atoms with van der Waals surface area (Å²) in [5.41, 5.74) is 0.733. The van der Waals surface area contributed by atoms with Gasteiger partial charge in [-0.1, -0.05) is 34.8 Å². The van der Waals surface area contributed by atoms with Crippen LogP contribution in [0.15, 0.2) is 61.2 Å². The van der Waals surface area contributed by atoms with E-state index in [0.717, 1.165) is 11.3 Å². The number of aromatic nitrogens is 2. The number of benzene rings is 2. The number of halogens is 3. The largest absolute Gasteiger partial charge is 0.490 e. The summed E-state index contributed by atoms with van der Waals surface area (Å²) in [5, 5.41) is 1.73. The maximum absolute atomic E-state index is 6.31. The molecule has 2 aromatic carbocycles. The molecule has 0 aliphatic rings. The zero-order chi connectivity index (χ0) is 18.4. The molecule has 0 spiro atoms. The lowest BCUT2D eigenvalue weighted by atomic mass is 10.2.